The van der Waals surface area contributed by atoms with Crippen molar-refractivity contribution >= 4 is 28.5 Å². The number of rotatable bonds is 4. The summed E-state index contributed by atoms with van der Waals surface area (Å²) in [7, 11) is 2.04. The van der Waals surface area contributed by atoms with E-state index < -0.39 is 0 Å². The Kier molecular flexibility index (Phi) is 4.87. The van der Waals surface area contributed by atoms with Crippen LogP contribution in [0.15, 0.2) is 18.2 Å². The second-order valence-corrected chi connectivity index (χ2v) is 6.65. The van der Waals surface area contributed by atoms with E-state index in [2.05, 4.69) is 14.8 Å². The predicted octanol–water partition coefficient (Wildman–Crippen LogP) is 2.72. The molecule has 2 heterocycles. The Morgan fingerprint density at radius 2 is 2.30 bits per heavy atom. The number of halogens is 1. The van der Waals surface area contributed by atoms with E-state index in [9.17, 15) is 4.79 Å². The largest absolute Gasteiger partial charge is 0.352 e. The maximum Gasteiger partial charge on any atom is 0.219 e. The summed E-state index contributed by atoms with van der Waals surface area (Å²) >= 11 is 6.05. The fourth-order valence-corrected chi connectivity index (χ4v) is 3.38. The zero-order valence-electron chi connectivity index (χ0n) is 13.7. The van der Waals surface area contributed by atoms with Crippen LogP contribution in [0.4, 0.5) is 0 Å². The Labute approximate surface area is 141 Å². The van der Waals surface area contributed by atoms with Gasteiger partial charge in [-0.3, -0.25) is 9.69 Å². The third-order valence-corrected chi connectivity index (χ3v) is 4.73. The molecule has 3 rings (SSSR count). The molecular formula is C17H23ClN4O. The molecule has 0 bridgehead atoms. The van der Waals surface area contributed by atoms with Crippen molar-refractivity contribution in [3.05, 3.63) is 29.0 Å². The highest BCUT2D eigenvalue weighted by molar-refractivity contribution is 6.31. The van der Waals surface area contributed by atoms with Crippen LogP contribution in [0.25, 0.3) is 11.0 Å². The molecule has 1 fully saturated rings. The van der Waals surface area contributed by atoms with Crippen LogP contribution in [0.1, 0.15) is 32.0 Å². The predicted molar refractivity (Wildman–Crippen MR) is 92.5 cm³/mol. The quantitative estimate of drug-likeness (QED) is 0.935. The summed E-state index contributed by atoms with van der Waals surface area (Å²) in [5.74, 6) is 1.17. The summed E-state index contributed by atoms with van der Waals surface area (Å²) in [5.41, 5.74) is 2.03. The number of carbonyl (C=O) groups is 1. The molecule has 1 aromatic carbocycles. The SMILES string of the molecule is CCC(=O)NC1CCCN(Cc2nc3cc(Cl)ccc3n2C)C1. The number of aryl methyl sites for hydroxylation is 1. The Morgan fingerprint density at radius 3 is 3.09 bits per heavy atom. The number of amides is 1. The molecule has 1 saturated heterocycles. The molecule has 1 amide bonds. The number of carbonyl (C=O) groups excluding carboxylic acids is 1. The van der Waals surface area contributed by atoms with E-state index in [1.807, 2.05) is 32.2 Å². The molecule has 1 aliphatic rings. The number of aromatic nitrogens is 2. The number of nitrogens with one attached hydrogen (secondary N) is 1. The number of nitrogens with zero attached hydrogens (tertiary/aromatic N) is 3. The van der Waals surface area contributed by atoms with Gasteiger partial charge in [-0.2, -0.15) is 0 Å². The molecule has 5 nitrogen and oxygen atoms in total. The van der Waals surface area contributed by atoms with Gasteiger partial charge in [0, 0.05) is 31.1 Å². The molecule has 1 N–H and O–H groups in total. The van der Waals surface area contributed by atoms with Crippen molar-refractivity contribution < 1.29 is 4.79 Å². The van der Waals surface area contributed by atoms with Crippen molar-refractivity contribution in [2.75, 3.05) is 13.1 Å². The van der Waals surface area contributed by atoms with Gasteiger partial charge < -0.3 is 9.88 Å². The molecule has 0 saturated carbocycles. The molecule has 124 valence electrons. The number of hydrogen-bond donors (Lipinski definition) is 1. The van der Waals surface area contributed by atoms with Gasteiger partial charge in [0.15, 0.2) is 0 Å². The molecule has 0 radical (unpaired) electrons. The highest BCUT2D eigenvalue weighted by Gasteiger charge is 2.22. The summed E-state index contributed by atoms with van der Waals surface area (Å²) < 4.78 is 2.12. The summed E-state index contributed by atoms with van der Waals surface area (Å²) in [4.78, 5) is 18.7. The van der Waals surface area contributed by atoms with Crippen molar-refractivity contribution in [2.45, 2.75) is 38.8 Å². The fourth-order valence-electron chi connectivity index (χ4n) is 3.21. The van der Waals surface area contributed by atoms with Crippen molar-refractivity contribution in [3.63, 3.8) is 0 Å². The van der Waals surface area contributed by atoms with E-state index in [-0.39, 0.29) is 11.9 Å². The smallest absolute Gasteiger partial charge is 0.219 e. The van der Waals surface area contributed by atoms with Crippen LogP contribution >= 0.6 is 11.6 Å². The summed E-state index contributed by atoms with van der Waals surface area (Å²) in [6.07, 6.45) is 2.70. The van der Waals surface area contributed by atoms with Crippen molar-refractivity contribution in [3.8, 4) is 0 Å². The van der Waals surface area contributed by atoms with Crippen LogP contribution in [-0.4, -0.2) is 39.5 Å². The Bertz CT molecular complexity index is 712. The monoisotopic (exact) mass is 334 g/mol. The molecule has 23 heavy (non-hydrogen) atoms. The van der Waals surface area contributed by atoms with E-state index in [1.165, 1.54) is 0 Å². The average Bonchev–Trinajstić information content (AvgIpc) is 2.83. The first-order valence-electron chi connectivity index (χ1n) is 8.19. The van der Waals surface area contributed by atoms with Crippen molar-refractivity contribution in [1.29, 1.82) is 0 Å². The van der Waals surface area contributed by atoms with Crippen LogP contribution < -0.4 is 5.32 Å². The molecule has 2 aromatic rings. The van der Waals surface area contributed by atoms with Gasteiger partial charge in [0.25, 0.3) is 0 Å². The van der Waals surface area contributed by atoms with Crippen LogP contribution in [0, 0.1) is 0 Å². The van der Waals surface area contributed by atoms with E-state index in [1.54, 1.807) is 0 Å². The normalized spacial score (nSPS) is 19.2. The lowest BCUT2D eigenvalue weighted by Crippen LogP contribution is -2.47. The highest BCUT2D eigenvalue weighted by atomic mass is 35.5. The fraction of sp³-hybridized carbons (Fsp3) is 0.529. The lowest BCUT2D eigenvalue weighted by atomic mass is 10.1. The van der Waals surface area contributed by atoms with Crippen LogP contribution in [0.5, 0.6) is 0 Å². The maximum absolute atomic E-state index is 11.6. The zero-order chi connectivity index (χ0) is 16.4. The third kappa shape index (κ3) is 3.67. The van der Waals surface area contributed by atoms with Gasteiger partial charge in [-0.1, -0.05) is 18.5 Å². The van der Waals surface area contributed by atoms with E-state index in [4.69, 9.17) is 16.6 Å². The Morgan fingerprint density at radius 1 is 1.48 bits per heavy atom. The van der Waals surface area contributed by atoms with Gasteiger partial charge in [-0.05, 0) is 37.6 Å². The molecule has 1 aromatic heterocycles. The number of benzene rings is 1. The van der Waals surface area contributed by atoms with Crippen LogP contribution in [0.2, 0.25) is 5.02 Å². The minimum atomic E-state index is 0.134. The minimum absolute atomic E-state index is 0.134. The Hall–Kier alpha value is -1.59. The topological polar surface area (TPSA) is 50.2 Å². The molecular weight excluding hydrogens is 312 g/mol. The minimum Gasteiger partial charge on any atom is -0.352 e. The van der Waals surface area contributed by atoms with E-state index in [0.29, 0.717) is 11.4 Å². The third-order valence-electron chi connectivity index (χ3n) is 4.49. The number of likely N-dealkylation sites (tertiary alicyclic amines) is 1. The first-order chi connectivity index (χ1) is 11.1. The standard InChI is InChI=1S/C17H23ClN4O/c1-3-17(23)19-13-5-4-8-22(10-13)11-16-20-14-9-12(18)6-7-15(14)21(16)2/h6-7,9,13H,3-5,8,10-11H2,1-2H3,(H,19,23). The van der Waals surface area contributed by atoms with Gasteiger partial charge in [0.2, 0.25) is 5.91 Å². The van der Waals surface area contributed by atoms with E-state index >= 15 is 0 Å². The summed E-state index contributed by atoms with van der Waals surface area (Å²) in [6, 6.07) is 6.06. The second kappa shape index (κ2) is 6.89. The first kappa shape index (κ1) is 16.3. The summed E-state index contributed by atoms with van der Waals surface area (Å²) in [5, 5.41) is 3.82. The van der Waals surface area contributed by atoms with Gasteiger partial charge in [-0.15, -0.1) is 0 Å². The van der Waals surface area contributed by atoms with Crippen LogP contribution in [0.3, 0.4) is 0 Å². The molecule has 1 aliphatic heterocycles. The molecule has 1 unspecified atom stereocenters. The van der Waals surface area contributed by atoms with Gasteiger partial charge in [0.05, 0.1) is 17.6 Å². The van der Waals surface area contributed by atoms with E-state index in [0.717, 1.165) is 49.3 Å². The lowest BCUT2D eigenvalue weighted by molar-refractivity contribution is -0.121. The molecule has 6 heteroatoms. The lowest BCUT2D eigenvalue weighted by Gasteiger charge is -2.32. The van der Waals surface area contributed by atoms with Gasteiger partial charge >= 0.3 is 0 Å². The first-order valence-corrected chi connectivity index (χ1v) is 8.57. The maximum atomic E-state index is 11.6. The Balaban J connectivity index is 1.71. The van der Waals surface area contributed by atoms with Gasteiger partial charge in [0.1, 0.15) is 5.82 Å². The van der Waals surface area contributed by atoms with Gasteiger partial charge in [-0.25, -0.2) is 4.98 Å². The molecule has 0 spiro atoms. The second-order valence-electron chi connectivity index (χ2n) is 6.22. The van der Waals surface area contributed by atoms with Crippen LogP contribution in [-0.2, 0) is 18.4 Å². The average molecular weight is 335 g/mol. The molecule has 1 atom stereocenters. The van der Waals surface area contributed by atoms with Crippen molar-refractivity contribution in [2.24, 2.45) is 7.05 Å². The number of hydrogen-bond acceptors (Lipinski definition) is 3. The highest BCUT2D eigenvalue weighted by Crippen LogP contribution is 2.21. The number of imidazole rings is 1. The summed E-state index contributed by atoms with van der Waals surface area (Å²) in [6.45, 7) is 4.61. The van der Waals surface area contributed by atoms with Crippen molar-refractivity contribution in [1.82, 2.24) is 19.8 Å². The molecule has 0 aliphatic carbocycles. The number of fused-ring (bicyclic) bond motifs is 1. The number of piperidine rings is 1. The zero-order valence-corrected chi connectivity index (χ0v) is 14.4.